The molecule has 2 unspecified atom stereocenters. The number of ether oxygens (including phenoxy) is 1. The molecule has 0 aromatic heterocycles. The van der Waals surface area contributed by atoms with Crippen molar-refractivity contribution in [3.05, 3.63) is 35.4 Å². The normalized spacial score (nSPS) is 14.5. The highest BCUT2D eigenvalue weighted by atomic mass is 19.1. The molecule has 0 bridgehead atoms. The van der Waals surface area contributed by atoms with Gasteiger partial charge >= 0.3 is 0 Å². The molecule has 0 saturated heterocycles. The summed E-state index contributed by atoms with van der Waals surface area (Å²) in [4.78, 5) is 0. The smallest absolute Gasteiger partial charge is 0.129 e. The quantitative estimate of drug-likeness (QED) is 0.581. The van der Waals surface area contributed by atoms with Crippen molar-refractivity contribution in [1.82, 2.24) is 5.43 Å². The number of nitrogens with two attached hydrogens (primary N) is 1. The summed E-state index contributed by atoms with van der Waals surface area (Å²) in [6.07, 6.45) is 1.00. The van der Waals surface area contributed by atoms with Crippen molar-refractivity contribution in [2.24, 2.45) is 11.8 Å². The molecular weight excluding hydrogens is 238 g/mol. The first kappa shape index (κ1) is 15.0. The van der Waals surface area contributed by atoms with Gasteiger partial charge in [0.1, 0.15) is 11.6 Å². The standard InChI is InChI=1S/C13H20F2N2O/c1-9(6-7-18-2)13(17-16)8-10-11(14)4-3-5-12(10)15/h3-5,9,13,17H,6-8,16H2,1-2H3. The number of nitrogens with one attached hydrogen (secondary N) is 1. The highest BCUT2D eigenvalue weighted by Crippen LogP contribution is 2.18. The third-order valence-electron chi connectivity index (χ3n) is 3.16. The van der Waals surface area contributed by atoms with Crippen LogP contribution in [0.3, 0.4) is 0 Å². The molecule has 3 nitrogen and oxygen atoms in total. The van der Waals surface area contributed by atoms with Crippen molar-refractivity contribution in [3.8, 4) is 0 Å². The van der Waals surface area contributed by atoms with E-state index in [1.165, 1.54) is 18.2 Å². The van der Waals surface area contributed by atoms with Gasteiger partial charge in [0.2, 0.25) is 0 Å². The van der Waals surface area contributed by atoms with Crippen LogP contribution in [-0.4, -0.2) is 19.8 Å². The lowest BCUT2D eigenvalue weighted by atomic mass is 9.92. The lowest BCUT2D eigenvalue weighted by Gasteiger charge is -2.23. The third kappa shape index (κ3) is 4.01. The SMILES string of the molecule is COCCC(C)C(Cc1c(F)cccc1F)NN. The monoisotopic (exact) mass is 258 g/mol. The lowest BCUT2D eigenvalue weighted by Crippen LogP contribution is -2.42. The van der Waals surface area contributed by atoms with Crippen LogP contribution in [0.1, 0.15) is 18.9 Å². The topological polar surface area (TPSA) is 47.3 Å². The number of benzene rings is 1. The summed E-state index contributed by atoms with van der Waals surface area (Å²) in [5.74, 6) is 4.55. The molecule has 102 valence electrons. The molecule has 18 heavy (non-hydrogen) atoms. The van der Waals surface area contributed by atoms with E-state index in [-0.39, 0.29) is 23.9 Å². The molecular formula is C13H20F2N2O. The van der Waals surface area contributed by atoms with E-state index in [0.717, 1.165) is 6.42 Å². The summed E-state index contributed by atoms with van der Waals surface area (Å²) in [6, 6.07) is 3.68. The van der Waals surface area contributed by atoms with Gasteiger partial charge in [-0.25, -0.2) is 8.78 Å². The molecule has 2 atom stereocenters. The highest BCUT2D eigenvalue weighted by Gasteiger charge is 2.20. The highest BCUT2D eigenvalue weighted by molar-refractivity contribution is 5.20. The van der Waals surface area contributed by atoms with Crippen LogP contribution >= 0.6 is 0 Å². The average Bonchev–Trinajstić information content (AvgIpc) is 2.35. The molecule has 3 N–H and O–H groups in total. The van der Waals surface area contributed by atoms with Crippen LogP contribution in [0, 0.1) is 17.6 Å². The van der Waals surface area contributed by atoms with Gasteiger partial charge in [0.25, 0.3) is 0 Å². The summed E-state index contributed by atoms with van der Waals surface area (Å²) in [7, 11) is 1.62. The van der Waals surface area contributed by atoms with E-state index >= 15 is 0 Å². The predicted octanol–water partition coefficient (Wildman–Crippen LogP) is 2.01. The molecule has 1 aromatic rings. The Morgan fingerprint density at radius 3 is 2.44 bits per heavy atom. The molecule has 0 aliphatic carbocycles. The van der Waals surface area contributed by atoms with E-state index in [2.05, 4.69) is 5.43 Å². The minimum atomic E-state index is -0.533. The van der Waals surface area contributed by atoms with E-state index < -0.39 is 11.6 Å². The van der Waals surface area contributed by atoms with Gasteiger partial charge in [-0.1, -0.05) is 13.0 Å². The van der Waals surface area contributed by atoms with Gasteiger partial charge in [-0.2, -0.15) is 0 Å². The van der Waals surface area contributed by atoms with E-state index in [1.54, 1.807) is 7.11 Å². The third-order valence-corrected chi connectivity index (χ3v) is 3.16. The largest absolute Gasteiger partial charge is 0.385 e. The summed E-state index contributed by atoms with van der Waals surface area (Å²) in [6.45, 7) is 2.57. The molecule has 0 fully saturated rings. The molecule has 0 amide bonds. The Morgan fingerprint density at radius 1 is 1.33 bits per heavy atom. The van der Waals surface area contributed by atoms with Gasteiger partial charge in [-0.05, 0) is 30.9 Å². The maximum atomic E-state index is 13.5. The number of rotatable bonds is 7. The fourth-order valence-corrected chi connectivity index (χ4v) is 1.88. The van der Waals surface area contributed by atoms with Gasteiger partial charge in [-0.15, -0.1) is 0 Å². The molecule has 1 aromatic carbocycles. The van der Waals surface area contributed by atoms with Crippen LogP contribution in [0.4, 0.5) is 8.78 Å². The van der Waals surface area contributed by atoms with Gasteiger partial charge in [0, 0.05) is 25.3 Å². The molecule has 0 radical (unpaired) electrons. The van der Waals surface area contributed by atoms with Crippen LogP contribution in [0.25, 0.3) is 0 Å². The summed E-state index contributed by atoms with van der Waals surface area (Å²) >= 11 is 0. The second-order valence-corrected chi connectivity index (χ2v) is 4.44. The van der Waals surface area contributed by atoms with Gasteiger partial charge in [0.15, 0.2) is 0 Å². The zero-order valence-electron chi connectivity index (χ0n) is 10.7. The molecule has 0 heterocycles. The molecule has 0 saturated carbocycles. The first-order valence-electron chi connectivity index (χ1n) is 5.98. The molecule has 1 rings (SSSR count). The van der Waals surface area contributed by atoms with Gasteiger partial charge in [0.05, 0.1) is 0 Å². The summed E-state index contributed by atoms with van der Waals surface area (Å²) in [5.41, 5.74) is 2.70. The van der Waals surface area contributed by atoms with E-state index in [9.17, 15) is 8.78 Å². The summed E-state index contributed by atoms with van der Waals surface area (Å²) in [5, 5.41) is 0. The van der Waals surface area contributed by atoms with Crippen molar-refractivity contribution in [1.29, 1.82) is 0 Å². The fourth-order valence-electron chi connectivity index (χ4n) is 1.88. The van der Waals surface area contributed by atoms with Crippen molar-refractivity contribution >= 4 is 0 Å². The van der Waals surface area contributed by atoms with Gasteiger partial charge in [-0.3, -0.25) is 11.3 Å². The number of hydrogen-bond acceptors (Lipinski definition) is 3. The van der Waals surface area contributed by atoms with E-state index in [1.807, 2.05) is 6.92 Å². The van der Waals surface area contributed by atoms with Crippen molar-refractivity contribution < 1.29 is 13.5 Å². The van der Waals surface area contributed by atoms with Crippen molar-refractivity contribution in [2.45, 2.75) is 25.8 Å². The predicted molar refractivity (Wildman–Crippen MR) is 66.8 cm³/mol. The second-order valence-electron chi connectivity index (χ2n) is 4.44. The Labute approximate surface area is 106 Å². The van der Waals surface area contributed by atoms with E-state index in [4.69, 9.17) is 10.6 Å². The van der Waals surface area contributed by atoms with Crippen molar-refractivity contribution in [2.75, 3.05) is 13.7 Å². The van der Waals surface area contributed by atoms with Gasteiger partial charge < -0.3 is 4.74 Å². The number of halogens is 2. The van der Waals surface area contributed by atoms with Crippen molar-refractivity contribution in [3.63, 3.8) is 0 Å². The maximum Gasteiger partial charge on any atom is 0.129 e. The Balaban J connectivity index is 2.73. The fraction of sp³-hybridized carbons (Fsp3) is 0.538. The van der Waals surface area contributed by atoms with Crippen LogP contribution in [0.5, 0.6) is 0 Å². The van der Waals surface area contributed by atoms with Crippen LogP contribution in [0.2, 0.25) is 0 Å². The zero-order valence-corrected chi connectivity index (χ0v) is 10.7. The van der Waals surface area contributed by atoms with Crippen LogP contribution in [0.15, 0.2) is 18.2 Å². The molecule has 5 heteroatoms. The number of methoxy groups -OCH3 is 1. The first-order chi connectivity index (χ1) is 8.60. The minimum absolute atomic E-state index is 0.0738. The maximum absolute atomic E-state index is 13.5. The Hall–Kier alpha value is -1.04. The zero-order chi connectivity index (χ0) is 13.5. The van der Waals surface area contributed by atoms with E-state index in [0.29, 0.717) is 6.61 Å². The lowest BCUT2D eigenvalue weighted by molar-refractivity contribution is 0.169. The second kappa shape index (κ2) is 7.41. The average molecular weight is 258 g/mol. The summed E-state index contributed by atoms with van der Waals surface area (Å²) < 4.78 is 32.0. The molecule has 0 aliphatic heterocycles. The Bertz CT molecular complexity index is 354. The molecule has 0 aliphatic rings. The Kier molecular flexibility index (Phi) is 6.18. The minimum Gasteiger partial charge on any atom is -0.385 e. The first-order valence-corrected chi connectivity index (χ1v) is 5.98. The number of hydrazine groups is 1. The van der Waals surface area contributed by atoms with Crippen LogP contribution < -0.4 is 11.3 Å². The molecule has 0 spiro atoms. The number of hydrogen-bond donors (Lipinski definition) is 2. The Morgan fingerprint density at radius 2 is 1.94 bits per heavy atom. The van der Waals surface area contributed by atoms with Crippen LogP contribution in [-0.2, 0) is 11.2 Å².